The largest absolute Gasteiger partial charge is 0.481 e. The van der Waals surface area contributed by atoms with Gasteiger partial charge in [0, 0.05) is 12.3 Å². The van der Waals surface area contributed by atoms with Gasteiger partial charge in [-0.3, -0.25) is 9.59 Å². The second-order valence-electron chi connectivity index (χ2n) is 6.60. The average molecular weight is 353 g/mol. The molecular formula is C21H23NO4. The molecule has 0 unspecified atom stereocenters. The van der Waals surface area contributed by atoms with Crippen molar-refractivity contribution in [1.82, 2.24) is 0 Å². The van der Waals surface area contributed by atoms with Gasteiger partial charge in [0.1, 0.15) is 12.6 Å². The van der Waals surface area contributed by atoms with Crippen molar-refractivity contribution < 1.29 is 19.4 Å². The molecule has 0 heterocycles. The van der Waals surface area contributed by atoms with E-state index in [1.165, 1.54) is 11.1 Å². The van der Waals surface area contributed by atoms with Gasteiger partial charge >= 0.3 is 11.9 Å². The van der Waals surface area contributed by atoms with Crippen LogP contribution in [0.1, 0.15) is 42.7 Å². The van der Waals surface area contributed by atoms with Crippen LogP contribution in [0.15, 0.2) is 48.5 Å². The maximum absolute atomic E-state index is 12.2. The summed E-state index contributed by atoms with van der Waals surface area (Å²) in [6, 6.07) is 15.6. The second-order valence-corrected chi connectivity index (χ2v) is 6.60. The summed E-state index contributed by atoms with van der Waals surface area (Å²) >= 11 is 0. The highest BCUT2D eigenvalue weighted by atomic mass is 16.5. The highest BCUT2D eigenvalue weighted by Crippen LogP contribution is 2.44. The maximum Gasteiger partial charge on any atom is 0.322 e. The lowest BCUT2D eigenvalue weighted by Crippen LogP contribution is -2.33. The Kier molecular flexibility index (Phi) is 5.68. The number of carboxylic acid groups (broad SMARTS) is 1. The Morgan fingerprint density at radius 3 is 2.15 bits per heavy atom. The molecule has 0 bridgehead atoms. The fourth-order valence-corrected chi connectivity index (χ4v) is 3.47. The molecule has 1 atom stereocenters. The number of carbonyl (C=O) groups is 2. The van der Waals surface area contributed by atoms with Crippen LogP contribution in [0.4, 0.5) is 0 Å². The normalized spacial score (nSPS) is 13.7. The monoisotopic (exact) mass is 353 g/mol. The molecule has 5 nitrogen and oxygen atoms in total. The zero-order chi connectivity index (χ0) is 18.5. The van der Waals surface area contributed by atoms with Crippen molar-refractivity contribution in [3.63, 3.8) is 0 Å². The van der Waals surface area contributed by atoms with Gasteiger partial charge in [0.05, 0.1) is 0 Å². The Balaban J connectivity index is 1.59. The van der Waals surface area contributed by atoms with E-state index in [0.717, 1.165) is 11.1 Å². The first-order valence-electron chi connectivity index (χ1n) is 8.90. The Morgan fingerprint density at radius 2 is 1.58 bits per heavy atom. The maximum atomic E-state index is 12.2. The lowest BCUT2D eigenvalue weighted by Gasteiger charge is -2.16. The lowest BCUT2D eigenvalue weighted by molar-refractivity contribution is -0.145. The molecule has 5 heteroatoms. The quantitative estimate of drug-likeness (QED) is 0.561. The van der Waals surface area contributed by atoms with Gasteiger partial charge in [-0.15, -0.1) is 0 Å². The Labute approximate surface area is 152 Å². The topological polar surface area (TPSA) is 89.6 Å². The molecule has 1 aliphatic rings. The minimum absolute atomic E-state index is 0.0190. The van der Waals surface area contributed by atoms with E-state index >= 15 is 0 Å². The summed E-state index contributed by atoms with van der Waals surface area (Å²) in [5.41, 5.74) is 10.6. The summed E-state index contributed by atoms with van der Waals surface area (Å²) in [7, 11) is 0. The van der Waals surface area contributed by atoms with Crippen LogP contribution >= 0.6 is 0 Å². The van der Waals surface area contributed by atoms with Crippen molar-refractivity contribution in [1.29, 1.82) is 0 Å². The number of rotatable bonds is 8. The van der Waals surface area contributed by atoms with E-state index in [2.05, 4.69) is 24.3 Å². The third-order valence-corrected chi connectivity index (χ3v) is 4.81. The molecule has 2 aromatic rings. The minimum Gasteiger partial charge on any atom is -0.481 e. The summed E-state index contributed by atoms with van der Waals surface area (Å²) < 4.78 is 5.50. The van der Waals surface area contributed by atoms with Crippen LogP contribution in [0.25, 0.3) is 11.1 Å². The molecule has 0 fully saturated rings. The number of esters is 1. The van der Waals surface area contributed by atoms with E-state index in [0.29, 0.717) is 19.3 Å². The summed E-state index contributed by atoms with van der Waals surface area (Å²) in [4.78, 5) is 22.7. The van der Waals surface area contributed by atoms with Gasteiger partial charge in [-0.1, -0.05) is 55.0 Å². The third kappa shape index (κ3) is 3.94. The Morgan fingerprint density at radius 1 is 1.00 bits per heavy atom. The van der Waals surface area contributed by atoms with Gasteiger partial charge in [0.2, 0.25) is 0 Å². The molecule has 0 saturated heterocycles. The fourth-order valence-electron chi connectivity index (χ4n) is 3.47. The van der Waals surface area contributed by atoms with Crippen molar-refractivity contribution in [2.24, 2.45) is 5.73 Å². The second kappa shape index (κ2) is 8.15. The van der Waals surface area contributed by atoms with Gasteiger partial charge in [-0.25, -0.2) is 0 Å². The number of benzene rings is 2. The summed E-state index contributed by atoms with van der Waals surface area (Å²) in [5, 5.41) is 8.63. The number of carbonyl (C=O) groups excluding carboxylic acids is 1. The van der Waals surface area contributed by atoms with Crippen LogP contribution in [0.2, 0.25) is 0 Å². The molecule has 136 valence electrons. The number of hydrogen-bond acceptors (Lipinski definition) is 4. The number of unbranched alkanes of at least 4 members (excludes halogenated alkanes) is 1. The van der Waals surface area contributed by atoms with E-state index in [1.54, 1.807) is 0 Å². The van der Waals surface area contributed by atoms with Crippen LogP contribution in [0.3, 0.4) is 0 Å². The van der Waals surface area contributed by atoms with E-state index in [-0.39, 0.29) is 18.9 Å². The number of aliphatic carboxylic acids is 1. The number of nitrogens with two attached hydrogens (primary N) is 1. The predicted molar refractivity (Wildman–Crippen MR) is 98.8 cm³/mol. The fraction of sp³-hybridized carbons (Fsp3) is 0.333. The van der Waals surface area contributed by atoms with Gasteiger partial charge in [0.25, 0.3) is 0 Å². The van der Waals surface area contributed by atoms with E-state index in [1.807, 2.05) is 24.3 Å². The van der Waals surface area contributed by atoms with Crippen LogP contribution < -0.4 is 5.73 Å². The van der Waals surface area contributed by atoms with Crippen molar-refractivity contribution in [2.75, 3.05) is 6.61 Å². The molecule has 0 spiro atoms. The summed E-state index contributed by atoms with van der Waals surface area (Å²) in [6.45, 7) is 0.260. The molecule has 3 N–H and O–H groups in total. The Bertz CT molecular complexity index is 757. The summed E-state index contributed by atoms with van der Waals surface area (Å²) in [5.74, 6) is -1.24. The van der Waals surface area contributed by atoms with Gasteiger partial charge in [-0.05, 0) is 35.1 Å². The van der Waals surface area contributed by atoms with Crippen LogP contribution in [0, 0.1) is 0 Å². The highest BCUT2D eigenvalue weighted by Gasteiger charge is 2.29. The SMILES string of the molecule is N[C@H](CCCCC(=O)O)C(=O)OCC1c2ccccc2-c2ccccc21. The van der Waals surface area contributed by atoms with Crippen LogP contribution in [0.5, 0.6) is 0 Å². The van der Waals surface area contributed by atoms with Crippen LogP contribution in [-0.4, -0.2) is 29.7 Å². The Hall–Kier alpha value is -2.66. The predicted octanol–water partition coefficient (Wildman–Crippen LogP) is 3.31. The first-order valence-corrected chi connectivity index (χ1v) is 8.90. The standard InChI is InChI=1S/C21H23NO4/c22-19(11-5-6-12-20(23)24)21(25)26-13-18-16-9-3-1-7-14(16)15-8-2-4-10-17(15)18/h1-4,7-10,18-19H,5-6,11-13,22H2,(H,23,24)/t19-/m1/s1. The van der Waals surface area contributed by atoms with Crippen molar-refractivity contribution in [2.45, 2.75) is 37.6 Å². The molecule has 0 aromatic heterocycles. The minimum atomic E-state index is -0.834. The number of hydrogen-bond donors (Lipinski definition) is 2. The molecule has 26 heavy (non-hydrogen) atoms. The molecule has 0 saturated carbocycles. The zero-order valence-electron chi connectivity index (χ0n) is 14.6. The highest BCUT2D eigenvalue weighted by molar-refractivity contribution is 5.79. The third-order valence-electron chi connectivity index (χ3n) is 4.81. The zero-order valence-corrected chi connectivity index (χ0v) is 14.6. The van der Waals surface area contributed by atoms with Crippen molar-refractivity contribution in [3.05, 3.63) is 59.7 Å². The van der Waals surface area contributed by atoms with Crippen LogP contribution in [-0.2, 0) is 14.3 Å². The molecule has 0 aliphatic heterocycles. The van der Waals surface area contributed by atoms with Gasteiger partial charge in [-0.2, -0.15) is 0 Å². The summed E-state index contributed by atoms with van der Waals surface area (Å²) in [6.07, 6.45) is 1.64. The van der Waals surface area contributed by atoms with E-state index in [4.69, 9.17) is 15.6 Å². The first-order chi connectivity index (χ1) is 12.6. The molecule has 1 aliphatic carbocycles. The lowest BCUT2D eigenvalue weighted by atomic mass is 9.98. The molecule has 2 aromatic carbocycles. The average Bonchev–Trinajstić information content (AvgIpc) is 2.97. The smallest absolute Gasteiger partial charge is 0.322 e. The molecular weight excluding hydrogens is 330 g/mol. The molecule has 0 radical (unpaired) electrons. The molecule has 0 amide bonds. The number of carboxylic acids is 1. The van der Waals surface area contributed by atoms with E-state index in [9.17, 15) is 9.59 Å². The van der Waals surface area contributed by atoms with Crippen molar-refractivity contribution >= 4 is 11.9 Å². The van der Waals surface area contributed by atoms with E-state index < -0.39 is 18.0 Å². The molecule has 3 rings (SSSR count). The van der Waals surface area contributed by atoms with Crippen molar-refractivity contribution in [3.8, 4) is 11.1 Å². The van der Waals surface area contributed by atoms with Gasteiger partial charge < -0.3 is 15.6 Å². The number of ether oxygens (including phenoxy) is 1. The van der Waals surface area contributed by atoms with Gasteiger partial charge in [0.15, 0.2) is 0 Å². The first kappa shape index (κ1) is 18.1. The number of fused-ring (bicyclic) bond motifs is 3.